The zero-order chi connectivity index (χ0) is 11.0. The van der Waals surface area contributed by atoms with Crippen LogP contribution < -0.4 is 5.73 Å². The number of aromatic nitrogens is 1. The summed E-state index contributed by atoms with van der Waals surface area (Å²) in [5, 5.41) is 1.31. The van der Waals surface area contributed by atoms with E-state index in [4.69, 9.17) is 5.73 Å². The van der Waals surface area contributed by atoms with Gasteiger partial charge in [-0.1, -0.05) is 12.5 Å². The van der Waals surface area contributed by atoms with Crippen LogP contribution in [0.5, 0.6) is 0 Å². The van der Waals surface area contributed by atoms with E-state index in [1.807, 2.05) is 6.20 Å². The first-order chi connectivity index (χ1) is 7.83. The van der Waals surface area contributed by atoms with Crippen molar-refractivity contribution in [3.8, 4) is 0 Å². The molecule has 2 heteroatoms. The fourth-order valence-electron chi connectivity index (χ4n) is 2.85. The third-order valence-electron chi connectivity index (χ3n) is 3.83. The minimum Gasteiger partial charge on any atom is -0.361 e. The lowest BCUT2D eigenvalue weighted by molar-refractivity contribution is 0.479. The molecular formula is C14H18N2. The summed E-state index contributed by atoms with van der Waals surface area (Å²) in [6, 6.07) is 9.24. The highest BCUT2D eigenvalue weighted by atomic mass is 14.7. The summed E-state index contributed by atoms with van der Waals surface area (Å²) >= 11 is 0. The van der Waals surface area contributed by atoms with E-state index >= 15 is 0 Å². The molecule has 3 rings (SSSR count). The molecule has 3 N–H and O–H groups in total. The molecule has 0 radical (unpaired) electrons. The molecule has 1 heterocycles. The number of nitrogens with one attached hydrogen (secondary N) is 1. The van der Waals surface area contributed by atoms with Crippen LogP contribution in [0.15, 0.2) is 30.5 Å². The Labute approximate surface area is 95.8 Å². The molecule has 16 heavy (non-hydrogen) atoms. The summed E-state index contributed by atoms with van der Waals surface area (Å²) in [6.45, 7) is 0. The minimum atomic E-state index is 0.418. The zero-order valence-corrected chi connectivity index (χ0v) is 9.45. The van der Waals surface area contributed by atoms with Crippen molar-refractivity contribution in [2.45, 2.75) is 31.7 Å². The van der Waals surface area contributed by atoms with Crippen molar-refractivity contribution < 1.29 is 0 Å². The Bertz CT molecular complexity index is 486. The van der Waals surface area contributed by atoms with Gasteiger partial charge in [-0.25, -0.2) is 0 Å². The van der Waals surface area contributed by atoms with Crippen molar-refractivity contribution in [2.24, 2.45) is 11.7 Å². The number of rotatable bonds is 2. The second-order valence-electron chi connectivity index (χ2n) is 4.96. The summed E-state index contributed by atoms with van der Waals surface area (Å²) in [6.07, 6.45) is 6.94. The minimum absolute atomic E-state index is 0.418. The Balaban J connectivity index is 1.83. The van der Waals surface area contributed by atoms with Crippen LogP contribution in [-0.2, 0) is 6.42 Å². The van der Waals surface area contributed by atoms with Gasteiger partial charge < -0.3 is 10.7 Å². The van der Waals surface area contributed by atoms with Crippen molar-refractivity contribution in [1.29, 1.82) is 0 Å². The molecule has 1 aliphatic carbocycles. The molecule has 1 aromatic heterocycles. The largest absolute Gasteiger partial charge is 0.361 e. The van der Waals surface area contributed by atoms with Crippen LogP contribution >= 0.6 is 0 Å². The van der Waals surface area contributed by atoms with Crippen LogP contribution in [0, 0.1) is 5.92 Å². The van der Waals surface area contributed by atoms with Gasteiger partial charge in [-0.3, -0.25) is 0 Å². The molecule has 1 aliphatic rings. The SMILES string of the molecule is NC1CCCC1Cc1ccc2[nH]ccc2c1. The Hall–Kier alpha value is -1.28. The Kier molecular flexibility index (Phi) is 2.44. The maximum atomic E-state index is 6.11. The van der Waals surface area contributed by atoms with Gasteiger partial charge >= 0.3 is 0 Å². The predicted molar refractivity (Wildman–Crippen MR) is 67.3 cm³/mol. The molecule has 0 spiro atoms. The monoisotopic (exact) mass is 214 g/mol. The first-order valence-corrected chi connectivity index (χ1v) is 6.14. The maximum Gasteiger partial charge on any atom is 0.0454 e. The van der Waals surface area contributed by atoms with Gasteiger partial charge in [-0.2, -0.15) is 0 Å². The van der Waals surface area contributed by atoms with Crippen LogP contribution in [0.1, 0.15) is 24.8 Å². The summed E-state index contributed by atoms with van der Waals surface area (Å²) < 4.78 is 0. The fourth-order valence-corrected chi connectivity index (χ4v) is 2.85. The highest BCUT2D eigenvalue weighted by Gasteiger charge is 2.23. The number of aromatic amines is 1. The quantitative estimate of drug-likeness (QED) is 0.793. The van der Waals surface area contributed by atoms with E-state index in [0.29, 0.717) is 12.0 Å². The molecule has 0 saturated heterocycles. The van der Waals surface area contributed by atoms with Crippen molar-refractivity contribution in [2.75, 3.05) is 0 Å². The first kappa shape index (κ1) is 9.91. The van der Waals surface area contributed by atoms with Gasteiger partial charge in [0.25, 0.3) is 0 Å². The number of nitrogens with two attached hydrogens (primary N) is 1. The summed E-state index contributed by atoms with van der Waals surface area (Å²) in [4.78, 5) is 3.22. The highest BCUT2D eigenvalue weighted by Crippen LogP contribution is 2.28. The first-order valence-electron chi connectivity index (χ1n) is 6.14. The van der Waals surface area contributed by atoms with E-state index < -0.39 is 0 Å². The van der Waals surface area contributed by atoms with E-state index in [9.17, 15) is 0 Å². The molecule has 2 nitrogen and oxygen atoms in total. The molecule has 1 aromatic carbocycles. The third-order valence-corrected chi connectivity index (χ3v) is 3.83. The molecule has 2 aromatic rings. The van der Waals surface area contributed by atoms with Gasteiger partial charge in [-0.05, 0) is 54.3 Å². The number of hydrogen-bond acceptors (Lipinski definition) is 1. The topological polar surface area (TPSA) is 41.8 Å². The Morgan fingerprint density at radius 2 is 2.19 bits per heavy atom. The second-order valence-corrected chi connectivity index (χ2v) is 4.96. The molecule has 0 aliphatic heterocycles. The van der Waals surface area contributed by atoms with Gasteiger partial charge in [0.15, 0.2) is 0 Å². The molecule has 1 saturated carbocycles. The van der Waals surface area contributed by atoms with E-state index in [1.54, 1.807) is 0 Å². The fraction of sp³-hybridized carbons (Fsp3) is 0.429. The second kappa shape index (κ2) is 3.95. The summed E-state index contributed by atoms with van der Waals surface area (Å²) in [7, 11) is 0. The van der Waals surface area contributed by atoms with Crippen molar-refractivity contribution >= 4 is 10.9 Å². The molecule has 84 valence electrons. The number of hydrogen-bond donors (Lipinski definition) is 2. The molecule has 0 bridgehead atoms. The Morgan fingerprint density at radius 3 is 3.00 bits per heavy atom. The summed E-state index contributed by atoms with van der Waals surface area (Å²) in [5.74, 6) is 0.691. The van der Waals surface area contributed by atoms with Crippen molar-refractivity contribution in [3.63, 3.8) is 0 Å². The average Bonchev–Trinajstić information content (AvgIpc) is 2.88. The smallest absolute Gasteiger partial charge is 0.0454 e. The van der Waals surface area contributed by atoms with E-state index in [-0.39, 0.29) is 0 Å². The molecule has 2 atom stereocenters. The zero-order valence-electron chi connectivity index (χ0n) is 9.45. The van der Waals surface area contributed by atoms with Crippen LogP contribution in [0.25, 0.3) is 10.9 Å². The van der Waals surface area contributed by atoms with E-state index in [0.717, 1.165) is 6.42 Å². The van der Waals surface area contributed by atoms with Gasteiger partial charge in [0.1, 0.15) is 0 Å². The van der Waals surface area contributed by atoms with Gasteiger partial charge in [-0.15, -0.1) is 0 Å². The number of fused-ring (bicyclic) bond motifs is 1. The lowest BCUT2D eigenvalue weighted by atomic mass is 9.94. The predicted octanol–water partition coefficient (Wildman–Crippen LogP) is 2.84. The number of H-pyrrole nitrogens is 1. The molecule has 1 fully saturated rings. The standard InChI is InChI=1S/C14H18N2/c15-13-3-1-2-11(13)8-10-4-5-14-12(9-10)6-7-16-14/h4-7,9,11,13,16H,1-3,8,15H2. The van der Waals surface area contributed by atoms with Crippen LogP contribution in [0.3, 0.4) is 0 Å². The van der Waals surface area contributed by atoms with Crippen molar-refractivity contribution in [1.82, 2.24) is 4.98 Å². The molecular weight excluding hydrogens is 196 g/mol. The highest BCUT2D eigenvalue weighted by molar-refractivity contribution is 5.79. The third kappa shape index (κ3) is 1.74. The lowest BCUT2D eigenvalue weighted by Gasteiger charge is -2.15. The van der Waals surface area contributed by atoms with E-state index in [2.05, 4.69) is 29.2 Å². The normalized spacial score (nSPS) is 25.3. The lowest BCUT2D eigenvalue weighted by Crippen LogP contribution is -2.25. The molecule has 0 amide bonds. The van der Waals surface area contributed by atoms with Crippen LogP contribution in [0.2, 0.25) is 0 Å². The average molecular weight is 214 g/mol. The van der Waals surface area contributed by atoms with Gasteiger partial charge in [0.05, 0.1) is 0 Å². The van der Waals surface area contributed by atoms with Gasteiger partial charge in [0.2, 0.25) is 0 Å². The van der Waals surface area contributed by atoms with E-state index in [1.165, 1.54) is 35.7 Å². The van der Waals surface area contributed by atoms with Crippen molar-refractivity contribution in [3.05, 3.63) is 36.0 Å². The van der Waals surface area contributed by atoms with Crippen LogP contribution in [0.4, 0.5) is 0 Å². The molecule has 2 unspecified atom stereocenters. The Morgan fingerprint density at radius 1 is 1.25 bits per heavy atom. The van der Waals surface area contributed by atoms with Gasteiger partial charge in [0, 0.05) is 17.8 Å². The maximum absolute atomic E-state index is 6.11. The number of benzene rings is 1. The summed E-state index contributed by atoms with van der Waals surface area (Å²) in [5.41, 5.74) is 8.76. The van der Waals surface area contributed by atoms with Crippen LogP contribution in [-0.4, -0.2) is 11.0 Å².